The largest absolute Gasteiger partial charge is 0.354 e. The van der Waals surface area contributed by atoms with Crippen LogP contribution < -0.4 is 10.6 Å². The molecule has 0 aromatic heterocycles. The second kappa shape index (κ2) is 6.71. The molecule has 0 bridgehead atoms. The highest BCUT2D eigenvalue weighted by Crippen LogP contribution is 2.12. The molecule has 1 heterocycles. The van der Waals surface area contributed by atoms with Crippen LogP contribution in [0.15, 0.2) is 24.3 Å². The average Bonchev–Trinajstić information content (AvgIpc) is 2.38. The van der Waals surface area contributed by atoms with Gasteiger partial charge in [-0.3, -0.25) is 4.79 Å². The lowest BCUT2D eigenvalue weighted by Gasteiger charge is -2.27. The fourth-order valence-corrected chi connectivity index (χ4v) is 2.67. The monoisotopic (exact) mass is 260 g/mol. The number of nitrogens with one attached hydrogen (secondary N) is 2. The SMILES string of the molecule is Cc1cccc(CCNC(=O)C2CCCC(C)N2)c1. The van der Waals surface area contributed by atoms with Gasteiger partial charge in [0.15, 0.2) is 0 Å². The van der Waals surface area contributed by atoms with Crippen LogP contribution in [0.1, 0.15) is 37.3 Å². The second-order valence-corrected chi connectivity index (χ2v) is 5.58. The van der Waals surface area contributed by atoms with Gasteiger partial charge in [-0.05, 0) is 45.1 Å². The number of hydrogen-bond acceptors (Lipinski definition) is 2. The van der Waals surface area contributed by atoms with Gasteiger partial charge in [0.05, 0.1) is 6.04 Å². The van der Waals surface area contributed by atoms with Crippen molar-refractivity contribution in [2.45, 2.75) is 51.6 Å². The molecule has 1 saturated heterocycles. The summed E-state index contributed by atoms with van der Waals surface area (Å²) in [4.78, 5) is 12.0. The molecular formula is C16H24N2O. The Morgan fingerprint density at radius 1 is 1.42 bits per heavy atom. The Balaban J connectivity index is 1.74. The van der Waals surface area contributed by atoms with E-state index in [1.807, 2.05) is 0 Å². The molecule has 0 spiro atoms. The third kappa shape index (κ3) is 4.35. The topological polar surface area (TPSA) is 41.1 Å². The highest BCUT2D eigenvalue weighted by molar-refractivity contribution is 5.81. The molecule has 2 unspecified atom stereocenters. The predicted octanol–water partition coefficient (Wildman–Crippen LogP) is 2.18. The summed E-state index contributed by atoms with van der Waals surface area (Å²) in [6.45, 7) is 4.95. The summed E-state index contributed by atoms with van der Waals surface area (Å²) in [6.07, 6.45) is 4.17. The summed E-state index contributed by atoms with van der Waals surface area (Å²) < 4.78 is 0. The number of carbonyl (C=O) groups excluding carboxylic acids is 1. The second-order valence-electron chi connectivity index (χ2n) is 5.58. The number of amides is 1. The van der Waals surface area contributed by atoms with Gasteiger partial charge in [0.2, 0.25) is 5.91 Å². The Morgan fingerprint density at radius 2 is 2.26 bits per heavy atom. The lowest BCUT2D eigenvalue weighted by Crippen LogP contribution is -2.50. The van der Waals surface area contributed by atoms with Gasteiger partial charge in [-0.25, -0.2) is 0 Å². The van der Waals surface area contributed by atoms with Crippen molar-refractivity contribution in [3.8, 4) is 0 Å². The van der Waals surface area contributed by atoms with Gasteiger partial charge in [-0.2, -0.15) is 0 Å². The van der Waals surface area contributed by atoms with E-state index >= 15 is 0 Å². The van der Waals surface area contributed by atoms with E-state index in [1.165, 1.54) is 17.5 Å². The van der Waals surface area contributed by atoms with Crippen molar-refractivity contribution in [1.29, 1.82) is 0 Å². The standard InChI is InChI=1S/C16H24N2O/c1-12-5-3-7-14(11-12)9-10-17-16(19)15-8-4-6-13(2)18-15/h3,5,7,11,13,15,18H,4,6,8-10H2,1-2H3,(H,17,19). The van der Waals surface area contributed by atoms with Crippen molar-refractivity contribution < 1.29 is 4.79 Å². The van der Waals surface area contributed by atoms with Crippen molar-refractivity contribution in [3.63, 3.8) is 0 Å². The van der Waals surface area contributed by atoms with E-state index in [2.05, 4.69) is 48.7 Å². The predicted molar refractivity (Wildman–Crippen MR) is 78.1 cm³/mol. The first-order chi connectivity index (χ1) is 9.15. The molecule has 1 aliphatic heterocycles. The molecule has 1 fully saturated rings. The van der Waals surface area contributed by atoms with Gasteiger partial charge in [0.1, 0.15) is 0 Å². The van der Waals surface area contributed by atoms with E-state index in [1.54, 1.807) is 0 Å². The normalized spacial score (nSPS) is 23.1. The maximum Gasteiger partial charge on any atom is 0.237 e. The van der Waals surface area contributed by atoms with Crippen LogP contribution >= 0.6 is 0 Å². The van der Waals surface area contributed by atoms with Crippen molar-refractivity contribution in [2.24, 2.45) is 0 Å². The molecule has 0 saturated carbocycles. The Hall–Kier alpha value is -1.35. The van der Waals surface area contributed by atoms with Crippen LogP contribution in [0.4, 0.5) is 0 Å². The van der Waals surface area contributed by atoms with Gasteiger partial charge in [-0.1, -0.05) is 29.8 Å². The van der Waals surface area contributed by atoms with Crippen LogP contribution in [0.2, 0.25) is 0 Å². The minimum atomic E-state index is 0.00117. The summed E-state index contributed by atoms with van der Waals surface area (Å²) in [6, 6.07) is 8.90. The van der Waals surface area contributed by atoms with Crippen molar-refractivity contribution >= 4 is 5.91 Å². The van der Waals surface area contributed by atoms with E-state index in [4.69, 9.17) is 0 Å². The van der Waals surface area contributed by atoms with Gasteiger partial charge in [0, 0.05) is 12.6 Å². The lowest BCUT2D eigenvalue weighted by molar-refractivity contribution is -0.123. The zero-order valence-corrected chi connectivity index (χ0v) is 11.9. The summed E-state index contributed by atoms with van der Waals surface area (Å²) in [7, 11) is 0. The zero-order chi connectivity index (χ0) is 13.7. The Morgan fingerprint density at radius 3 is 3.00 bits per heavy atom. The number of aryl methyl sites for hydroxylation is 1. The molecule has 3 nitrogen and oxygen atoms in total. The summed E-state index contributed by atoms with van der Waals surface area (Å²) in [5.74, 6) is 0.152. The highest BCUT2D eigenvalue weighted by atomic mass is 16.2. The van der Waals surface area contributed by atoms with Crippen molar-refractivity contribution in [1.82, 2.24) is 10.6 Å². The maximum absolute atomic E-state index is 12.0. The van der Waals surface area contributed by atoms with E-state index in [0.717, 1.165) is 25.8 Å². The fourth-order valence-electron chi connectivity index (χ4n) is 2.67. The molecule has 1 aromatic carbocycles. The van der Waals surface area contributed by atoms with Gasteiger partial charge >= 0.3 is 0 Å². The van der Waals surface area contributed by atoms with Crippen LogP contribution in [0, 0.1) is 6.92 Å². The average molecular weight is 260 g/mol. The molecule has 0 radical (unpaired) electrons. The number of piperidine rings is 1. The van der Waals surface area contributed by atoms with E-state index in [0.29, 0.717) is 6.04 Å². The van der Waals surface area contributed by atoms with Crippen LogP contribution in [0.3, 0.4) is 0 Å². The van der Waals surface area contributed by atoms with E-state index in [-0.39, 0.29) is 11.9 Å². The first-order valence-electron chi connectivity index (χ1n) is 7.24. The molecule has 2 rings (SSSR count). The molecule has 1 aliphatic rings. The smallest absolute Gasteiger partial charge is 0.237 e. The third-order valence-corrected chi connectivity index (χ3v) is 3.73. The molecule has 19 heavy (non-hydrogen) atoms. The molecule has 1 amide bonds. The Labute approximate surface area is 115 Å². The number of rotatable bonds is 4. The quantitative estimate of drug-likeness (QED) is 0.871. The first-order valence-corrected chi connectivity index (χ1v) is 7.24. The van der Waals surface area contributed by atoms with Crippen LogP contribution in [-0.4, -0.2) is 24.5 Å². The van der Waals surface area contributed by atoms with E-state index in [9.17, 15) is 4.79 Å². The lowest BCUT2D eigenvalue weighted by atomic mass is 9.99. The molecule has 0 aliphatic carbocycles. The molecule has 1 aromatic rings. The van der Waals surface area contributed by atoms with Crippen LogP contribution in [0.5, 0.6) is 0 Å². The van der Waals surface area contributed by atoms with Crippen molar-refractivity contribution in [3.05, 3.63) is 35.4 Å². The van der Waals surface area contributed by atoms with Gasteiger partial charge < -0.3 is 10.6 Å². The van der Waals surface area contributed by atoms with Crippen molar-refractivity contribution in [2.75, 3.05) is 6.54 Å². The first kappa shape index (κ1) is 14.1. The summed E-state index contributed by atoms with van der Waals surface area (Å²) in [5.41, 5.74) is 2.55. The molecule has 104 valence electrons. The minimum absolute atomic E-state index is 0.00117. The highest BCUT2D eigenvalue weighted by Gasteiger charge is 2.23. The summed E-state index contributed by atoms with van der Waals surface area (Å²) >= 11 is 0. The van der Waals surface area contributed by atoms with Crippen LogP contribution in [-0.2, 0) is 11.2 Å². The maximum atomic E-state index is 12.0. The molecule has 2 N–H and O–H groups in total. The van der Waals surface area contributed by atoms with Crippen LogP contribution in [0.25, 0.3) is 0 Å². The number of carbonyl (C=O) groups is 1. The molecule has 2 atom stereocenters. The fraction of sp³-hybridized carbons (Fsp3) is 0.562. The Kier molecular flexibility index (Phi) is 4.97. The van der Waals surface area contributed by atoms with Gasteiger partial charge in [0.25, 0.3) is 0 Å². The zero-order valence-electron chi connectivity index (χ0n) is 11.9. The summed E-state index contributed by atoms with van der Waals surface area (Å²) in [5, 5.41) is 6.40. The number of hydrogen-bond donors (Lipinski definition) is 2. The minimum Gasteiger partial charge on any atom is -0.354 e. The Bertz CT molecular complexity index is 431. The molecule has 3 heteroatoms. The third-order valence-electron chi connectivity index (χ3n) is 3.73. The number of benzene rings is 1. The molecular weight excluding hydrogens is 236 g/mol. The van der Waals surface area contributed by atoms with Gasteiger partial charge in [-0.15, -0.1) is 0 Å². The van der Waals surface area contributed by atoms with E-state index < -0.39 is 0 Å².